The van der Waals surface area contributed by atoms with Crippen LogP contribution in [0, 0.1) is 5.92 Å². The molecule has 1 aliphatic rings. The molecule has 1 saturated heterocycles. The lowest BCUT2D eigenvalue weighted by Crippen LogP contribution is -2.39. The summed E-state index contributed by atoms with van der Waals surface area (Å²) in [6, 6.07) is 5.33. The molecule has 1 aromatic carbocycles. The Bertz CT molecular complexity index is 478. The number of amides is 1. The molecule has 2 atom stereocenters. The van der Waals surface area contributed by atoms with Crippen LogP contribution in [-0.4, -0.2) is 46.4 Å². The Balaban J connectivity index is 2.07. The lowest BCUT2D eigenvalue weighted by molar-refractivity contribution is -0.120. The number of benzene rings is 1. The van der Waals surface area contributed by atoms with Crippen LogP contribution in [0.1, 0.15) is 0 Å². The van der Waals surface area contributed by atoms with Crippen LogP contribution in [0.25, 0.3) is 0 Å². The van der Waals surface area contributed by atoms with E-state index in [0.29, 0.717) is 30.4 Å². The average Bonchev–Trinajstić information content (AvgIpc) is 2.95. The summed E-state index contributed by atoms with van der Waals surface area (Å²) in [5.74, 6) is 0.961. The van der Waals surface area contributed by atoms with Gasteiger partial charge in [0.25, 0.3) is 0 Å². The van der Waals surface area contributed by atoms with Crippen molar-refractivity contribution in [2.24, 2.45) is 5.92 Å². The van der Waals surface area contributed by atoms with E-state index in [9.17, 15) is 4.79 Å². The van der Waals surface area contributed by atoms with Gasteiger partial charge in [0.2, 0.25) is 5.91 Å². The quantitative estimate of drug-likeness (QED) is 0.838. The molecule has 0 spiro atoms. The highest BCUT2D eigenvalue weighted by molar-refractivity contribution is 5.93. The Morgan fingerprint density at radius 3 is 2.65 bits per heavy atom. The number of carbonyl (C=O) groups excluding carboxylic acids is 1. The van der Waals surface area contributed by atoms with Gasteiger partial charge in [0, 0.05) is 17.8 Å². The molecule has 6 heteroatoms. The van der Waals surface area contributed by atoms with Gasteiger partial charge in [0.05, 0.1) is 33.4 Å². The molecule has 1 fully saturated rings. The standard InChI is InChI=1S/C14H20N2O4/c1-15-11-8-20-7-10(11)14(17)16-9-4-5-12(18-2)13(6-9)19-3/h4-6,10-11,15H,7-8H2,1-3H3,(H,16,17). The molecule has 1 amide bonds. The van der Waals surface area contributed by atoms with E-state index in [1.807, 2.05) is 7.05 Å². The number of likely N-dealkylation sites (N-methyl/N-ethyl adjacent to an activating group) is 1. The second-order valence-electron chi connectivity index (χ2n) is 4.60. The third kappa shape index (κ3) is 3.02. The lowest BCUT2D eigenvalue weighted by Gasteiger charge is -2.17. The van der Waals surface area contributed by atoms with E-state index in [2.05, 4.69) is 10.6 Å². The number of carbonyl (C=O) groups is 1. The van der Waals surface area contributed by atoms with Gasteiger partial charge in [-0.3, -0.25) is 4.79 Å². The van der Waals surface area contributed by atoms with Crippen LogP contribution < -0.4 is 20.1 Å². The molecule has 2 rings (SSSR count). The van der Waals surface area contributed by atoms with Gasteiger partial charge in [-0.2, -0.15) is 0 Å². The van der Waals surface area contributed by atoms with Gasteiger partial charge in [-0.15, -0.1) is 0 Å². The fraction of sp³-hybridized carbons (Fsp3) is 0.500. The van der Waals surface area contributed by atoms with Crippen LogP contribution >= 0.6 is 0 Å². The maximum Gasteiger partial charge on any atom is 0.231 e. The maximum absolute atomic E-state index is 12.2. The van der Waals surface area contributed by atoms with Crippen molar-refractivity contribution in [3.8, 4) is 11.5 Å². The predicted octanol–water partition coefficient (Wildman–Crippen LogP) is 0.877. The number of ether oxygens (including phenoxy) is 3. The third-order valence-electron chi connectivity index (χ3n) is 3.44. The molecule has 1 aromatic rings. The summed E-state index contributed by atoms with van der Waals surface area (Å²) >= 11 is 0. The van der Waals surface area contributed by atoms with Crippen molar-refractivity contribution in [1.29, 1.82) is 0 Å². The van der Waals surface area contributed by atoms with E-state index in [-0.39, 0.29) is 17.9 Å². The van der Waals surface area contributed by atoms with Crippen LogP contribution in [0.3, 0.4) is 0 Å². The number of hydrogen-bond donors (Lipinski definition) is 2. The summed E-state index contributed by atoms with van der Waals surface area (Å²) in [4.78, 5) is 12.2. The Kier molecular flexibility index (Phi) is 4.81. The molecule has 0 aromatic heterocycles. The van der Waals surface area contributed by atoms with E-state index in [4.69, 9.17) is 14.2 Å². The normalized spacial score (nSPS) is 21.6. The highest BCUT2D eigenvalue weighted by atomic mass is 16.5. The molecule has 0 bridgehead atoms. The summed E-state index contributed by atoms with van der Waals surface area (Å²) < 4.78 is 15.7. The molecular formula is C14H20N2O4. The van der Waals surface area contributed by atoms with Crippen LogP contribution in [0.15, 0.2) is 18.2 Å². The molecule has 0 aliphatic carbocycles. The van der Waals surface area contributed by atoms with Crippen molar-refractivity contribution in [3.05, 3.63) is 18.2 Å². The van der Waals surface area contributed by atoms with E-state index in [1.54, 1.807) is 32.4 Å². The van der Waals surface area contributed by atoms with Crippen molar-refractivity contribution in [3.63, 3.8) is 0 Å². The number of methoxy groups -OCH3 is 2. The zero-order valence-electron chi connectivity index (χ0n) is 11.9. The molecule has 0 radical (unpaired) electrons. The SMILES string of the molecule is CNC1COCC1C(=O)Nc1ccc(OC)c(OC)c1. The molecule has 6 nitrogen and oxygen atoms in total. The minimum Gasteiger partial charge on any atom is -0.493 e. The van der Waals surface area contributed by atoms with Crippen LogP contribution in [0.2, 0.25) is 0 Å². The molecule has 1 heterocycles. The molecule has 2 N–H and O–H groups in total. The number of anilines is 1. The first-order valence-electron chi connectivity index (χ1n) is 6.47. The largest absolute Gasteiger partial charge is 0.493 e. The fourth-order valence-corrected chi connectivity index (χ4v) is 2.25. The first-order chi connectivity index (χ1) is 9.69. The number of hydrogen-bond acceptors (Lipinski definition) is 5. The highest BCUT2D eigenvalue weighted by Gasteiger charge is 2.33. The van der Waals surface area contributed by atoms with Gasteiger partial charge in [-0.1, -0.05) is 0 Å². The van der Waals surface area contributed by atoms with Crippen LogP contribution in [0.5, 0.6) is 11.5 Å². The topological polar surface area (TPSA) is 68.8 Å². The van der Waals surface area contributed by atoms with E-state index in [1.165, 1.54) is 0 Å². The summed E-state index contributed by atoms with van der Waals surface area (Å²) in [5, 5.41) is 5.97. The zero-order valence-corrected chi connectivity index (χ0v) is 11.9. The average molecular weight is 280 g/mol. The first kappa shape index (κ1) is 14.6. The van der Waals surface area contributed by atoms with E-state index < -0.39 is 0 Å². The highest BCUT2D eigenvalue weighted by Crippen LogP contribution is 2.30. The number of rotatable bonds is 5. The first-order valence-corrected chi connectivity index (χ1v) is 6.47. The Morgan fingerprint density at radius 2 is 2.00 bits per heavy atom. The van der Waals surface area contributed by atoms with Crippen molar-refractivity contribution in [2.75, 3.05) is 39.8 Å². The fourth-order valence-electron chi connectivity index (χ4n) is 2.25. The van der Waals surface area contributed by atoms with Crippen molar-refractivity contribution < 1.29 is 19.0 Å². The monoisotopic (exact) mass is 280 g/mol. The third-order valence-corrected chi connectivity index (χ3v) is 3.44. The maximum atomic E-state index is 12.2. The molecule has 20 heavy (non-hydrogen) atoms. The van der Waals surface area contributed by atoms with Crippen molar-refractivity contribution >= 4 is 11.6 Å². The zero-order chi connectivity index (χ0) is 14.5. The molecule has 110 valence electrons. The van der Waals surface area contributed by atoms with Gasteiger partial charge < -0.3 is 24.8 Å². The predicted molar refractivity (Wildman–Crippen MR) is 75.3 cm³/mol. The molecular weight excluding hydrogens is 260 g/mol. The molecule has 1 aliphatic heterocycles. The second kappa shape index (κ2) is 6.58. The second-order valence-corrected chi connectivity index (χ2v) is 4.60. The van der Waals surface area contributed by atoms with Gasteiger partial charge in [0.1, 0.15) is 0 Å². The van der Waals surface area contributed by atoms with Crippen LogP contribution in [-0.2, 0) is 9.53 Å². The minimum atomic E-state index is -0.187. The summed E-state index contributed by atoms with van der Waals surface area (Å²) in [7, 11) is 4.96. The summed E-state index contributed by atoms with van der Waals surface area (Å²) in [6.45, 7) is 0.991. The lowest BCUT2D eigenvalue weighted by atomic mass is 10.0. The molecule has 2 unspecified atom stereocenters. The van der Waals surface area contributed by atoms with Gasteiger partial charge in [0.15, 0.2) is 11.5 Å². The van der Waals surface area contributed by atoms with Crippen molar-refractivity contribution in [1.82, 2.24) is 5.32 Å². The Labute approximate surface area is 118 Å². The van der Waals surface area contributed by atoms with Gasteiger partial charge in [-0.05, 0) is 19.2 Å². The Morgan fingerprint density at radius 1 is 1.25 bits per heavy atom. The molecule has 0 saturated carbocycles. The number of nitrogens with one attached hydrogen (secondary N) is 2. The van der Waals surface area contributed by atoms with E-state index in [0.717, 1.165) is 0 Å². The van der Waals surface area contributed by atoms with Crippen molar-refractivity contribution in [2.45, 2.75) is 6.04 Å². The summed E-state index contributed by atoms with van der Waals surface area (Å²) in [6.07, 6.45) is 0. The smallest absolute Gasteiger partial charge is 0.231 e. The van der Waals surface area contributed by atoms with Gasteiger partial charge in [-0.25, -0.2) is 0 Å². The van der Waals surface area contributed by atoms with E-state index >= 15 is 0 Å². The minimum absolute atomic E-state index is 0.0511. The van der Waals surface area contributed by atoms with Crippen LogP contribution in [0.4, 0.5) is 5.69 Å². The van der Waals surface area contributed by atoms with Gasteiger partial charge >= 0.3 is 0 Å². The summed E-state index contributed by atoms with van der Waals surface area (Å²) in [5.41, 5.74) is 0.675. The Hall–Kier alpha value is -1.79.